The lowest BCUT2D eigenvalue weighted by molar-refractivity contribution is 0.304. The van der Waals surface area contributed by atoms with E-state index in [9.17, 15) is 4.39 Å². The smallest absolute Gasteiger partial charge is 0.146 e. The summed E-state index contributed by atoms with van der Waals surface area (Å²) >= 11 is 3.41. The highest BCUT2D eigenvalue weighted by atomic mass is 79.9. The first-order chi connectivity index (χ1) is 9.10. The number of nitrogens with zero attached hydrogens (tertiary/aromatic N) is 1. The van der Waals surface area contributed by atoms with Crippen LogP contribution in [0.25, 0.3) is 0 Å². The van der Waals surface area contributed by atoms with E-state index in [0.717, 1.165) is 11.0 Å². The molecule has 1 aliphatic carbocycles. The molecule has 0 heterocycles. The van der Waals surface area contributed by atoms with Crippen LogP contribution < -0.4 is 10.2 Å². The molecule has 1 aliphatic rings. The number of nitrogens with one attached hydrogen (secondary N) is 1. The van der Waals surface area contributed by atoms with Crippen LogP contribution in [0.4, 0.5) is 10.1 Å². The van der Waals surface area contributed by atoms with Crippen molar-refractivity contribution >= 4 is 21.6 Å². The van der Waals surface area contributed by atoms with Gasteiger partial charge in [0.15, 0.2) is 0 Å². The van der Waals surface area contributed by atoms with Crippen molar-refractivity contribution in [2.45, 2.75) is 31.7 Å². The summed E-state index contributed by atoms with van der Waals surface area (Å²) in [5, 5.41) is 3.35. The second-order valence-electron chi connectivity index (χ2n) is 5.48. The van der Waals surface area contributed by atoms with Crippen molar-refractivity contribution in [2.75, 3.05) is 25.5 Å². The Balaban J connectivity index is 1.94. The Bertz CT molecular complexity index is 417. The third-order valence-corrected chi connectivity index (χ3v) is 4.60. The van der Waals surface area contributed by atoms with Crippen molar-refractivity contribution in [3.05, 3.63) is 28.5 Å². The summed E-state index contributed by atoms with van der Waals surface area (Å²) < 4.78 is 14.7. The largest absolute Gasteiger partial charge is 0.372 e. The van der Waals surface area contributed by atoms with Crippen LogP contribution in [0.5, 0.6) is 0 Å². The molecule has 2 nitrogen and oxygen atoms in total. The molecule has 0 atom stereocenters. The Hall–Kier alpha value is -0.610. The van der Waals surface area contributed by atoms with Gasteiger partial charge in [0.1, 0.15) is 5.82 Å². The summed E-state index contributed by atoms with van der Waals surface area (Å²) in [4.78, 5) is 2.05. The SMILES string of the molecule is CNC1CCC(CN(C)c2cc(Br)ccc2F)CC1. The van der Waals surface area contributed by atoms with Gasteiger partial charge in [-0.2, -0.15) is 0 Å². The lowest BCUT2D eigenvalue weighted by Gasteiger charge is -2.32. The van der Waals surface area contributed by atoms with Crippen LogP contribution in [-0.4, -0.2) is 26.7 Å². The average Bonchev–Trinajstić information content (AvgIpc) is 2.42. The van der Waals surface area contributed by atoms with Crippen LogP contribution in [0.15, 0.2) is 22.7 Å². The van der Waals surface area contributed by atoms with Gasteiger partial charge in [-0.15, -0.1) is 0 Å². The first-order valence-electron chi connectivity index (χ1n) is 6.93. The fourth-order valence-corrected chi connectivity index (χ4v) is 3.25. The fourth-order valence-electron chi connectivity index (χ4n) is 2.90. The Morgan fingerprint density at radius 1 is 1.32 bits per heavy atom. The molecule has 1 aromatic rings. The van der Waals surface area contributed by atoms with Gasteiger partial charge in [-0.1, -0.05) is 15.9 Å². The van der Waals surface area contributed by atoms with Gasteiger partial charge in [0, 0.05) is 24.1 Å². The van der Waals surface area contributed by atoms with E-state index < -0.39 is 0 Å². The highest BCUT2D eigenvalue weighted by Gasteiger charge is 2.21. The Labute approximate surface area is 123 Å². The zero-order valence-electron chi connectivity index (χ0n) is 11.6. The van der Waals surface area contributed by atoms with Crippen molar-refractivity contribution in [3.63, 3.8) is 0 Å². The molecule has 2 rings (SSSR count). The van der Waals surface area contributed by atoms with Crippen LogP contribution in [0.2, 0.25) is 0 Å². The molecule has 19 heavy (non-hydrogen) atoms. The summed E-state index contributed by atoms with van der Waals surface area (Å²) in [5.41, 5.74) is 0.685. The molecule has 0 radical (unpaired) electrons. The van der Waals surface area contributed by atoms with Gasteiger partial charge in [0.05, 0.1) is 5.69 Å². The van der Waals surface area contributed by atoms with Crippen molar-refractivity contribution in [1.29, 1.82) is 0 Å². The lowest BCUT2D eigenvalue weighted by Crippen LogP contribution is -2.34. The maximum atomic E-state index is 13.8. The maximum Gasteiger partial charge on any atom is 0.146 e. The molecule has 0 unspecified atom stereocenters. The van der Waals surface area contributed by atoms with Crippen molar-refractivity contribution in [3.8, 4) is 0 Å². The number of rotatable bonds is 4. The Morgan fingerprint density at radius 3 is 2.63 bits per heavy atom. The topological polar surface area (TPSA) is 15.3 Å². The molecular formula is C15H22BrFN2. The molecule has 0 saturated heterocycles. The molecule has 106 valence electrons. The number of hydrogen-bond acceptors (Lipinski definition) is 2. The van der Waals surface area contributed by atoms with E-state index in [2.05, 4.69) is 21.2 Å². The molecule has 1 fully saturated rings. The van der Waals surface area contributed by atoms with E-state index in [0.29, 0.717) is 17.6 Å². The molecule has 0 aliphatic heterocycles. The van der Waals surface area contributed by atoms with Gasteiger partial charge in [0.2, 0.25) is 0 Å². The molecule has 1 saturated carbocycles. The predicted octanol–water partition coefficient (Wildman–Crippen LogP) is 3.80. The monoisotopic (exact) mass is 328 g/mol. The number of halogens is 2. The summed E-state index contributed by atoms with van der Waals surface area (Å²) in [6.45, 7) is 0.934. The normalized spacial score (nSPS) is 23.4. The highest BCUT2D eigenvalue weighted by molar-refractivity contribution is 9.10. The third kappa shape index (κ3) is 3.93. The van der Waals surface area contributed by atoms with Crippen LogP contribution in [0, 0.1) is 11.7 Å². The fraction of sp³-hybridized carbons (Fsp3) is 0.600. The van der Waals surface area contributed by atoms with Crippen molar-refractivity contribution < 1.29 is 4.39 Å². The predicted molar refractivity (Wildman–Crippen MR) is 82.2 cm³/mol. The van der Waals surface area contributed by atoms with Gasteiger partial charge >= 0.3 is 0 Å². The van der Waals surface area contributed by atoms with E-state index >= 15 is 0 Å². The molecule has 4 heteroatoms. The summed E-state index contributed by atoms with van der Waals surface area (Å²) in [5.74, 6) is 0.530. The van der Waals surface area contributed by atoms with Crippen LogP contribution >= 0.6 is 15.9 Å². The molecule has 1 aromatic carbocycles. The van der Waals surface area contributed by atoms with E-state index in [-0.39, 0.29) is 5.82 Å². The van der Waals surface area contributed by atoms with Crippen LogP contribution in [0.3, 0.4) is 0 Å². The second kappa shape index (κ2) is 6.71. The number of hydrogen-bond donors (Lipinski definition) is 1. The summed E-state index contributed by atoms with van der Waals surface area (Å²) in [7, 11) is 4.02. The van der Waals surface area contributed by atoms with Gasteiger partial charge in [-0.25, -0.2) is 4.39 Å². The number of anilines is 1. The summed E-state index contributed by atoms with van der Waals surface area (Å²) in [6, 6.07) is 5.79. The minimum Gasteiger partial charge on any atom is -0.372 e. The first-order valence-corrected chi connectivity index (χ1v) is 7.73. The quantitative estimate of drug-likeness (QED) is 0.904. The molecule has 0 aromatic heterocycles. The minimum atomic E-state index is -0.144. The van der Waals surface area contributed by atoms with Crippen LogP contribution in [0.1, 0.15) is 25.7 Å². The maximum absolute atomic E-state index is 13.8. The molecule has 0 amide bonds. The average molecular weight is 329 g/mol. The van der Waals surface area contributed by atoms with Gasteiger partial charge in [-0.05, 0) is 56.8 Å². The van der Waals surface area contributed by atoms with Gasteiger partial charge in [-0.3, -0.25) is 0 Å². The van der Waals surface area contributed by atoms with E-state index in [1.165, 1.54) is 31.7 Å². The van der Waals surface area contributed by atoms with Crippen molar-refractivity contribution in [2.24, 2.45) is 5.92 Å². The molecule has 1 N–H and O–H groups in total. The molecular weight excluding hydrogens is 307 g/mol. The highest BCUT2D eigenvalue weighted by Crippen LogP contribution is 2.28. The van der Waals surface area contributed by atoms with Gasteiger partial charge < -0.3 is 10.2 Å². The van der Waals surface area contributed by atoms with E-state index in [4.69, 9.17) is 0 Å². The Morgan fingerprint density at radius 2 is 2.00 bits per heavy atom. The molecule has 0 bridgehead atoms. The minimum absolute atomic E-state index is 0.144. The zero-order chi connectivity index (χ0) is 13.8. The van der Waals surface area contributed by atoms with Crippen LogP contribution in [-0.2, 0) is 0 Å². The first kappa shape index (κ1) is 14.8. The molecule has 0 spiro atoms. The Kier molecular flexibility index (Phi) is 5.22. The van der Waals surface area contributed by atoms with E-state index in [1.54, 1.807) is 6.07 Å². The lowest BCUT2D eigenvalue weighted by atomic mass is 9.86. The number of benzene rings is 1. The van der Waals surface area contributed by atoms with Gasteiger partial charge in [0.25, 0.3) is 0 Å². The zero-order valence-corrected chi connectivity index (χ0v) is 13.2. The van der Waals surface area contributed by atoms with E-state index in [1.807, 2.05) is 25.1 Å². The third-order valence-electron chi connectivity index (χ3n) is 4.11. The standard InChI is InChI=1S/C15H22BrFN2/c1-18-13-6-3-11(4-7-13)10-19(2)15-9-12(16)5-8-14(15)17/h5,8-9,11,13,18H,3-4,6-7,10H2,1-2H3. The van der Waals surface area contributed by atoms with Crippen molar-refractivity contribution in [1.82, 2.24) is 5.32 Å². The summed E-state index contributed by atoms with van der Waals surface area (Å²) in [6.07, 6.45) is 4.92. The second-order valence-corrected chi connectivity index (χ2v) is 6.40.